The number of rotatable bonds is 6. The van der Waals surface area contributed by atoms with Gasteiger partial charge in [-0.15, -0.1) is 0 Å². The van der Waals surface area contributed by atoms with E-state index >= 15 is 0 Å². The molecule has 0 bridgehead atoms. The molecule has 0 aromatic heterocycles. The number of benzene rings is 1. The van der Waals surface area contributed by atoms with Gasteiger partial charge in [-0.1, -0.05) is 12.1 Å². The minimum absolute atomic E-state index is 0.599. The van der Waals surface area contributed by atoms with Crippen LogP contribution in [0.5, 0.6) is 0 Å². The van der Waals surface area contributed by atoms with Crippen molar-refractivity contribution in [1.29, 1.82) is 0 Å². The molecule has 0 saturated heterocycles. The zero-order valence-electron chi connectivity index (χ0n) is 13.8. The van der Waals surface area contributed by atoms with E-state index in [1.165, 1.54) is 29.7 Å². The van der Waals surface area contributed by atoms with Crippen LogP contribution in [0, 0.1) is 0 Å². The maximum atomic E-state index is 10.3. The van der Waals surface area contributed by atoms with Crippen LogP contribution in [0.3, 0.4) is 0 Å². The SMILES string of the molecule is CN(C)CC(C)(O)CNCc1ccc2c(c1)CCCN2C. The molecule has 1 unspecified atom stereocenters. The molecule has 0 spiro atoms. The molecule has 1 atom stereocenters. The standard InChI is InChI=1S/C17H29N3O/c1-17(21,13-19(2)3)12-18-11-14-7-8-16-15(10-14)6-5-9-20(16)4/h7-8,10,18,21H,5-6,9,11-13H2,1-4H3. The van der Waals surface area contributed by atoms with E-state index in [2.05, 4.69) is 35.5 Å². The quantitative estimate of drug-likeness (QED) is 0.832. The summed E-state index contributed by atoms with van der Waals surface area (Å²) in [6.45, 7) is 5.09. The second-order valence-electron chi connectivity index (χ2n) is 6.83. The molecule has 1 aliphatic heterocycles. The highest BCUT2D eigenvalue weighted by molar-refractivity contribution is 5.56. The topological polar surface area (TPSA) is 38.7 Å². The lowest BCUT2D eigenvalue weighted by Crippen LogP contribution is -2.45. The molecule has 0 amide bonds. The molecule has 2 rings (SSSR count). The largest absolute Gasteiger partial charge is 0.388 e. The van der Waals surface area contributed by atoms with E-state index < -0.39 is 5.60 Å². The highest BCUT2D eigenvalue weighted by Gasteiger charge is 2.20. The molecule has 0 radical (unpaired) electrons. The number of hydrogen-bond acceptors (Lipinski definition) is 4. The van der Waals surface area contributed by atoms with Crippen LogP contribution in [0.4, 0.5) is 5.69 Å². The van der Waals surface area contributed by atoms with Crippen LogP contribution in [0.2, 0.25) is 0 Å². The molecular weight excluding hydrogens is 262 g/mol. The van der Waals surface area contributed by atoms with Crippen molar-refractivity contribution in [1.82, 2.24) is 10.2 Å². The average Bonchev–Trinajstić information content (AvgIpc) is 2.37. The number of hydrogen-bond donors (Lipinski definition) is 2. The van der Waals surface area contributed by atoms with Gasteiger partial charge in [-0.3, -0.25) is 0 Å². The van der Waals surface area contributed by atoms with Crippen LogP contribution in [0.1, 0.15) is 24.5 Å². The van der Waals surface area contributed by atoms with Gasteiger partial charge in [0.1, 0.15) is 0 Å². The van der Waals surface area contributed by atoms with Crippen LogP contribution in [0.25, 0.3) is 0 Å². The lowest BCUT2D eigenvalue weighted by atomic mass is 9.99. The average molecular weight is 291 g/mol. The van der Waals surface area contributed by atoms with E-state index in [4.69, 9.17) is 0 Å². The van der Waals surface area contributed by atoms with Crippen molar-refractivity contribution in [3.8, 4) is 0 Å². The van der Waals surface area contributed by atoms with Gasteiger partial charge in [-0.2, -0.15) is 0 Å². The molecule has 1 heterocycles. The minimum Gasteiger partial charge on any atom is -0.388 e. The molecular formula is C17H29N3O. The molecule has 1 aromatic rings. The van der Waals surface area contributed by atoms with Gasteiger partial charge < -0.3 is 20.2 Å². The van der Waals surface area contributed by atoms with Gasteiger partial charge in [0, 0.05) is 38.9 Å². The van der Waals surface area contributed by atoms with Crippen molar-refractivity contribution in [2.75, 3.05) is 45.7 Å². The number of aryl methyl sites for hydroxylation is 1. The number of nitrogens with one attached hydrogen (secondary N) is 1. The van der Waals surface area contributed by atoms with Crippen molar-refractivity contribution < 1.29 is 5.11 Å². The van der Waals surface area contributed by atoms with Gasteiger partial charge in [0.15, 0.2) is 0 Å². The van der Waals surface area contributed by atoms with Gasteiger partial charge in [-0.25, -0.2) is 0 Å². The molecule has 0 saturated carbocycles. The predicted octanol–water partition coefficient (Wildman–Crippen LogP) is 1.47. The summed E-state index contributed by atoms with van der Waals surface area (Å²) in [5, 5.41) is 13.7. The van der Waals surface area contributed by atoms with Gasteiger partial charge >= 0.3 is 0 Å². The fourth-order valence-electron chi connectivity index (χ4n) is 3.16. The Morgan fingerprint density at radius 3 is 2.86 bits per heavy atom. The molecule has 0 fully saturated rings. The van der Waals surface area contributed by atoms with Crippen LogP contribution in [-0.4, -0.2) is 56.4 Å². The Morgan fingerprint density at radius 2 is 2.14 bits per heavy atom. The highest BCUT2D eigenvalue weighted by Crippen LogP contribution is 2.26. The third-order valence-corrected chi connectivity index (χ3v) is 3.99. The van der Waals surface area contributed by atoms with E-state index in [0.717, 1.165) is 13.1 Å². The summed E-state index contributed by atoms with van der Waals surface area (Å²) in [5.74, 6) is 0. The Labute approximate surface area is 128 Å². The second kappa shape index (κ2) is 6.77. The van der Waals surface area contributed by atoms with E-state index in [-0.39, 0.29) is 0 Å². The van der Waals surface area contributed by atoms with Gasteiger partial charge in [0.25, 0.3) is 0 Å². The van der Waals surface area contributed by atoms with Crippen molar-refractivity contribution in [3.63, 3.8) is 0 Å². The Bertz CT molecular complexity index is 471. The summed E-state index contributed by atoms with van der Waals surface area (Å²) >= 11 is 0. The van der Waals surface area contributed by atoms with Gasteiger partial charge in [-0.05, 0) is 51.1 Å². The van der Waals surface area contributed by atoms with Crippen LogP contribution >= 0.6 is 0 Å². The first-order valence-corrected chi connectivity index (χ1v) is 7.78. The Hall–Kier alpha value is -1.10. The predicted molar refractivity (Wildman–Crippen MR) is 88.9 cm³/mol. The Kier molecular flexibility index (Phi) is 5.25. The molecule has 0 aliphatic carbocycles. The summed E-state index contributed by atoms with van der Waals surface area (Å²) in [6, 6.07) is 6.72. The molecule has 21 heavy (non-hydrogen) atoms. The Morgan fingerprint density at radius 1 is 1.38 bits per heavy atom. The first-order valence-electron chi connectivity index (χ1n) is 7.78. The fourth-order valence-corrected chi connectivity index (χ4v) is 3.16. The van der Waals surface area contributed by atoms with Gasteiger partial charge in [0.05, 0.1) is 5.60 Å². The van der Waals surface area contributed by atoms with Crippen LogP contribution in [0.15, 0.2) is 18.2 Å². The fraction of sp³-hybridized carbons (Fsp3) is 0.647. The highest BCUT2D eigenvalue weighted by atomic mass is 16.3. The van der Waals surface area contributed by atoms with Gasteiger partial charge in [0.2, 0.25) is 0 Å². The lowest BCUT2D eigenvalue weighted by molar-refractivity contribution is 0.0336. The molecule has 4 heteroatoms. The van der Waals surface area contributed by atoms with Crippen LogP contribution in [-0.2, 0) is 13.0 Å². The third-order valence-electron chi connectivity index (χ3n) is 3.99. The van der Waals surface area contributed by atoms with Crippen LogP contribution < -0.4 is 10.2 Å². The third kappa shape index (κ3) is 4.70. The second-order valence-corrected chi connectivity index (χ2v) is 6.83. The van der Waals surface area contributed by atoms with Crippen molar-refractivity contribution in [2.24, 2.45) is 0 Å². The zero-order chi connectivity index (χ0) is 15.5. The van der Waals surface area contributed by atoms with E-state index in [1.807, 2.05) is 25.9 Å². The summed E-state index contributed by atoms with van der Waals surface area (Å²) in [7, 11) is 6.12. The minimum atomic E-state index is -0.697. The van der Waals surface area contributed by atoms with Crippen molar-refractivity contribution in [3.05, 3.63) is 29.3 Å². The first kappa shape index (κ1) is 16.3. The number of likely N-dealkylation sites (N-methyl/N-ethyl adjacent to an activating group) is 1. The maximum absolute atomic E-state index is 10.3. The van der Waals surface area contributed by atoms with Crippen molar-refractivity contribution >= 4 is 5.69 Å². The smallest absolute Gasteiger partial charge is 0.0869 e. The first-order chi connectivity index (χ1) is 9.87. The molecule has 4 nitrogen and oxygen atoms in total. The molecule has 1 aromatic carbocycles. The number of nitrogens with zero attached hydrogens (tertiary/aromatic N) is 2. The van der Waals surface area contributed by atoms with E-state index in [1.54, 1.807) is 0 Å². The summed E-state index contributed by atoms with van der Waals surface area (Å²) in [5.41, 5.74) is 3.41. The molecule has 1 aliphatic rings. The van der Waals surface area contributed by atoms with E-state index in [0.29, 0.717) is 13.1 Å². The van der Waals surface area contributed by atoms with Crippen molar-refractivity contribution in [2.45, 2.75) is 31.9 Å². The summed E-state index contributed by atoms with van der Waals surface area (Å²) in [6.07, 6.45) is 2.41. The number of aliphatic hydroxyl groups is 1. The monoisotopic (exact) mass is 291 g/mol. The molecule has 2 N–H and O–H groups in total. The van der Waals surface area contributed by atoms with E-state index in [9.17, 15) is 5.11 Å². The summed E-state index contributed by atoms with van der Waals surface area (Å²) < 4.78 is 0. The summed E-state index contributed by atoms with van der Waals surface area (Å²) in [4.78, 5) is 4.34. The number of fused-ring (bicyclic) bond motifs is 1. The zero-order valence-corrected chi connectivity index (χ0v) is 13.8. The lowest BCUT2D eigenvalue weighted by Gasteiger charge is -2.28. The molecule has 118 valence electrons. The normalized spacial score (nSPS) is 17.7. The Balaban J connectivity index is 1.89. The maximum Gasteiger partial charge on any atom is 0.0869 e. The number of anilines is 1.